The summed E-state index contributed by atoms with van der Waals surface area (Å²) in [5, 5.41) is 9.51. The fourth-order valence-electron chi connectivity index (χ4n) is 2.69. The van der Waals surface area contributed by atoms with Gasteiger partial charge in [0.05, 0.1) is 27.0 Å². The average molecular weight is 453 g/mol. The molecule has 0 atom stereocenters. The standard InChI is InChI=1S/C18H12Cl3N5OS/c1-9-22-17-11-4-2-3-5-14(11)23-18(26(17)25-9)28-8-15(27)24-16-12(20)6-10(19)7-13(16)21/h2-7H,8H2,1H3,(H,24,27). The van der Waals surface area contributed by atoms with Crippen LogP contribution in [0.1, 0.15) is 5.82 Å². The third-order valence-electron chi connectivity index (χ3n) is 3.86. The molecule has 0 saturated carbocycles. The minimum absolute atomic E-state index is 0.0919. The first-order valence-electron chi connectivity index (χ1n) is 8.11. The quantitative estimate of drug-likeness (QED) is 0.337. The van der Waals surface area contributed by atoms with Crippen molar-refractivity contribution >= 4 is 74.7 Å². The number of carbonyl (C=O) groups is 1. The third kappa shape index (κ3) is 3.75. The van der Waals surface area contributed by atoms with Crippen LogP contribution in [-0.2, 0) is 4.79 Å². The summed E-state index contributed by atoms with van der Waals surface area (Å²) in [6, 6.07) is 10.7. The van der Waals surface area contributed by atoms with Crippen molar-refractivity contribution in [1.29, 1.82) is 0 Å². The molecule has 2 aromatic carbocycles. The van der Waals surface area contributed by atoms with E-state index in [4.69, 9.17) is 34.8 Å². The van der Waals surface area contributed by atoms with Gasteiger partial charge in [0.15, 0.2) is 10.8 Å². The lowest BCUT2D eigenvalue weighted by Gasteiger charge is -2.10. The molecule has 4 rings (SSSR count). The SMILES string of the molecule is Cc1nc2c3ccccc3nc(SCC(=O)Nc3c(Cl)cc(Cl)cc3Cl)n2n1. The van der Waals surface area contributed by atoms with Gasteiger partial charge in [-0.05, 0) is 31.2 Å². The maximum absolute atomic E-state index is 12.4. The van der Waals surface area contributed by atoms with E-state index < -0.39 is 0 Å². The fraction of sp³-hybridized carbons (Fsp3) is 0.111. The molecule has 6 nitrogen and oxygen atoms in total. The molecule has 0 saturated heterocycles. The number of anilines is 1. The molecule has 2 heterocycles. The highest BCUT2D eigenvalue weighted by molar-refractivity contribution is 7.99. The zero-order valence-corrected chi connectivity index (χ0v) is 17.5. The van der Waals surface area contributed by atoms with E-state index in [0.29, 0.717) is 27.3 Å². The highest BCUT2D eigenvalue weighted by Gasteiger charge is 2.15. The average Bonchev–Trinajstić information content (AvgIpc) is 3.04. The van der Waals surface area contributed by atoms with Crippen LogP contribution in [0.3, 0.4) is 0 Å². The molecule has 142 valence electrons. The smallest absolute Gasteiger partial charge is 0.234 e. The molecule has 0 spiro atoms. The summed E-state index contributed by atoms with van der Waals surface area (Å²) < 4.78 is 1.65. The molecule has 28 heavy (non-hydrogen) atoms. The molecule has 1 N–H and O–H groups in total. The first-order chi connectivity index (χ1) is 13.4. The number of halogens is 3. The van der Waals surface area contributed by atoms with Gasteiger partial charge in [0.25, 0.3) is 0 Å². The minimum Gasteiger partial charge on any atom is -0.323 e. The molecule has 0 bridgehead atoms. The number of aryl methyl sites for hydroxylation is 1. The highest BCUT2D eigenvalue weighted by atomic mass is 35.5. The van der Waals surface area contributed by atoms with E-state index in [0.717, 1.165) is 10.9 Å². The lowest BCUT2D eigenvalue weighted by atomic mass is 10.2. The maximum Gasteiger partial charge on any atom is 0.234 e. The van der Waals surface area contributed by atoms with Gasteiger partial charge in [0.1, 0.15) is 5.82 Å². The number of para-hydroxylation sites is 1. The predicted octanol–water partition coefficient (Wildman–Crippen LogP) is 5.28. The normalized spacial score (nSPS) is 11.3. The van der Waals surface area contributed by atoms with Gasteiger partial charge >= 0.3 is 0 Å². The molecule has 0 aliphatic rings. The monoisotopic (exact) mass is 451 g/mol. The van der Waals surface area contributed by atoms with Crippen LogP contribution in [0, 0.1) is 6.92 Å². The first kappa shape index (κ1) is 19.3. The second-order valence-electron chi connectivity index (χ2n) is 5.89. The Kier molecular flexibility index (Phi) is 5.33. The Morgan fingerprint density at radius 1 is 1.14 bits per heavy atom. The summed E-state index contributed by atoms with van der Waals surface area (Å²) in [7, 11) is 0. The Balaban J connectivity index is 1.59. The van der Waals surface area contributed by atoms with Crippen molar-refractivity contribution in [3.8, 4) is 0 Å². The van der Waals surface area contributed by atoms with Crippen molar-refractivity contribution in [3.63, 3.8) is 0 Å². The number of fused-ring (bicyclic) bond motifs is 3. The predicted molar refractivity (Wildman–Crippen MR) is 114 cm³/mol. The maximum atomic E-state index is 12.4. The van der Waals surface area contributed by atoms with Crippen LogP contribution in [0.5, 0.6) is 0 Å². The number of hydrogen-bond donors (Lipinski definition) is 1. The summed E-state index contributed by atoms with van der Waals surface area (Å²) >= 11 is 19.4. The Morgan fingerprint density at radius 2 is 1.86 bits per heavy atom. The zero-order valence-electron chi connectivity index (χ0n) is 14.4. The van der Waals surface area contributed by atoms with Crippen LogP contribution in [0.4, 0.5) is 5.69 Å². The number of carbonyl (C=O) groups excluding carboxylic acids is 1. The van der Waals surface area contributed by atoms with Crippen molar-refractivity contribution in [1.82, 2.24) is 19.6 Å². The molecule has 1 amide bonds. The second kappa shape index (κ2) is 7.75. The number of nitrogens with one attached hydrogen (secondary N) is 1. The van der Waals surface area contributed by atoms with Crippen LogP contribution in [0.25, 0.3) is 16.6 Å². The molecule has 10 heteroatoms. The van der Waals surface area contributed by atoms with Crippen molar-refractivity contribution in [2.24, 2.45) is 0 Å². The molecule has 0 aliphatic carbocycles. The number of rotatable bonds is 4. The van der Waals surface area contributed by atoms with Crippen LogP contribution in [-0.4, -0.2) is 31.2 Å². The minimum atomic E-state index is -0.281. The van der Waals surface area contributed by atoms with Crippen LogP contribution >= 0.6 is 46.6 Å². The summed E-state index contributed by atoms with van der Waals surface area (Å²) in [5.41, 5.74) is 1.82. The topological polar surface area (TPSA) is 72.2 Å². The molecule has 0 radical (unpaired) electrons. The van der Waals surface area contributed by atoms with E-state index in [9.17, 15) is 4.79 Å². The van der Waals surface area contributed by atoms with E-state index in [1.165, 1.54) is 23.9 Å². The van der Waals surface area contributed by atoms with Crippen LogP contribution in [0.2, 0.25) is 15.1 Å². The van der Waals surface area contributed by atoms with Gasteiger partial charge in [0.2, 0.25) is 5.91 Å². The van der Waals surface area contributed by atoms with E-state index in [1.807, 2.05) is 31.2 Å². The van der Waals surface area contributed by atoms with Gasteiger partial charge in [-0.3, -0.25) is 4.79 Å². The van der Waals surface area contributed by atoms with Gasteiger partial charge in [0, 0.05) is 10.4 Å². The molecule has 4 aromatic rings. The van der Waals surface area contributed by atoms with E-state index in [-0.39, 0.29) is 21.7 Å². The van der Waals surface area contributed by atoms with E-state index >= 15 is 0 Å². The molecule has 0 aliphatic heterocycles. The van der Waals surface area contributed by atoms with Crippen molar-refractivity contribution in [2.45, 2.75) is 12.1 Å². The summed E-state index contributed by atoms with van der Waals surface area (Å²) in [4.78, 5) is 21.5. The van der Waals surface area contributed by atoms with Crippen LogP contribution < -0.4 is 5.32 Å². The van der Waals surface area contributed by atoms with Gasteiger partial charge in [-0.25, -0.2) is 9.97 Å². The summed E-state index contributed by atoms with van der Waals surface area (Å²) in [6.07, 6.45) is 0. The van der Waals surface area contributed by atoms with Gasteiger partial charge < -0.3 is 5.32 Å². The number of hydrogen-bond acceptors (Lipinski definition) is 5. The Labute approximate surface area is 179 Å². The van der Waals surface area contributed by atoms with Gasteiger partial charge in [-0.15, -0.1) is 5.10 Å². The second-order valence-corrected chi connectivity index (χ2v) is 8.08. The Morgan fingerprint density at radius 3 is 2.61 bits per heavy atom. The molecular weight excluding hydrogens is 441 g/mol. The summed E-state index contributed by atoms with van der Waals surface area (Å²) in [6.45, 7) is 1.81. The van der Waals surface area contributed by atoms with E-state index in [1.54, 1.807) is 4.52 Å². The van der Waals surface area contributed by atoms with E-state index in [2.05, 4.69) is 20.4 Å². The largest absolute Gasteiger partial charge is 0.323 e. The zero-order chi connectivity index (χ0) is 19.8. The molecular formula is C18H12Cl3N5OS. The lowest BCUT2D eigenvalue weighted by molar-refractivity contribution is -0.113. The van der Waals surface area contributed by atoms with Crippen molar-refractivity contribution in [3.05, 3.63) is 57.3 Å². The number of thioether (sulfide) groups is 1. The van der Waals surface area contributed by atoms with Crippen LogP contribution in [0.15, 0.2) is 41.6 Å². The fourth-order valence-corrected chi connectivity index (χ4v) is 4.35. The first-order valence-corrected chi connectivity index (χ1v) is 10.2. The number of aromatic nitrogens is 4. The number of amides is 1. The molecule has 2 aromatic heterocycles. The Hall–Kier alpha value is -2.06. The van der Waals surface area contributed by atoms with Crippen molar-refractivity contribution in [2.75, 3.05) is 11.1 Å². The van der Waals surface area contributed by atoms with Gasteiger partial charge in [-0.1, -0.05) is 58.7 Å². The lowest BCUT2D eigenvalue weighted by Crippen LogP contribution is -2.15. The summed E-state index contributed by atoms with van der Waals surface area (Å²) in [5.74, 6) is 0.439. The Bertz CT molecular complexity index is 1200. The van der Waals surface area contributed by atoms with Gasteiger partial charge in [-0.2, -0.15) is 4.52 Å². The molecule has 0 fully saturated rings. The van der Waals surface area contributed by atoms with Crippen molar-refractivity contribution < 1.29 is 4.79 Å². The highest BCUT2D eigenvalue weighted by Crippen LogP contribution is 2.34. The number of benzene rings is 2. The third-order valence-corrected chi connectivity index (χ3v) is 5.60. The number of nitrogens with zero attached hydrogens (tertiary/aromatic N) is 4. The molecule has 0 unspecified atom stereocenters.